The first-order valence-electron chi connectivity index (χ1n) is 20.5. The van der Waals surface area contributed by atoms with Gasteiger partial charge in [0, 0.05) is 67.4 Å². The van der Waals surface area contributed by atoms with Gasteiger partial charge in [0.2, 0.25) is 0 Å². The summed E-state index contributed by atoms with van der Waals surface area (Å²) >= 11 is 0. The van der Waals surface area contributed by atoms with Gasteiger partial charge < -0.3 is 14.3 Å². The average molecular weight is 752 g/mol. The normalized spacial score (nSPS) is 12.5. The molecule has 0 saturated heterocycles. The first-order valence-corrected chi connectivity index (χ1v) is 20.5. The van der Waals surface area contributed by atoms with Crippen LogP contribution in [-0.4, -0.2) is 11.3 Å². The van der Waals surface area contributed by atoms with E-state index in [1.807, 2.05) is 0 Å². The monoisotopic (exact) mass is 751 g/mol. The molecule has 0 fully saturated rings. The zero-order chi connectivity index (χ0) is 38.9. The van der Waals surface area contributed by atoms with E-state index in [4.69, 9.17) is 0 Å². The average Bonchev–Trinajstić information content (AvgIpc) is 3.64. The van der Waals surface area contributed by atoms with Gasteiger partial charge in [0.25, 0.3) is 0 Å². The lowest BCUT2D eigenvalue weighted by molar-refractivity contribution is 0.977. The van der Waals surface area contributed by atoms with Crippen LogP contribution in [0.3, 0.4) is 0 Å². The summed E-state index contributed by atoms with van der Waals surface area (Å²) in [5.41, 5.74) is 18.3. The van der Waals surface area contributed by atoms with Crippen molar-refractivity contribution in [3.8, 4) is 11.1 Å². The molecule has 9 aromatic carbocycles. The Balaban J connectivity index is 1.20. The van der Waals surface area contributed by atoms with E-state index in [0.717, 1.165) is 22.7 Å². The Kier molecular flexibility index (Phi) is 7.70. The highest BCUT2D eigenvalue weighted by Crippen LogP contribution is 2.49. The Morgan fingerprint density at radius 1 is 0.407 bits per heavy atom. The Labute approximate surface area is 344 Å². The van der Waals surface area contributed by atoms with Crippen molar-refractivity contribution >= 4 is 73.7 Å². The van der Waals surface area contributed by atoms with Crippen LogP contribution in [0.1, 0.15) is 22.6 Å². The molecule has 0 bridgehead atoms. The Hall–Kier alpha value is -7.56. The summed E-state index contributed by atoms with van der Waals surface area (Å²) in [5.74, 6) is 0.0569. The molecule has 0 radical (unpaired) electrons. The Bertz CT molecular complexity index is 3080. The lowest BCUT2D eigenvalue weighted by Crippen LogP contribution is -2.56. The summed E-state index contributed by atoms with van der Waals surface area (Å²) in [6.45, 7) is -0.0517. The zero-order valence-corrected chi connectivity index (χ0v) is 32.4. The highest BCUT2D eigenvalue weighted by Gasteiger charge is 2.43. The maximum Gasteiger partial charge on any atom is 0.333 e. The first-order chi connectivity index (χ1) is 29.3. The van der Waals surface area contributed by atoms with Gasteiger partial charge in [0.1, 0.15) is 0 Å². The van der Waals surface area contributed by atoms with Gasteiger partial charge >= 0.3 is 6.85 Å². The first kappa shape index (κ1) is 33.6. The number of fused-ring (bicyclic) bond motifs is 7. The van der Waals surface area contributed by atoms with E-state index >= 15 is 0 Å². The van der Waals surface area contributed by atoms with Gasteiger partial charge in [-0.05, 0) is 93.8 Å². The van der Waals surface area contributed by atoms with Crippen LogP contribution in [-0.2, 0) is 0 Å². The van der Waals surface area contributed by atoms with E-state index in [-0.39, 0.29) is 12.8 Å². The standard InChI is InChI=1S/C55H38BN3/c1-6-19-38(20-7-1)53(39-21-8-2-9-22-39)40-33-34-49-51(35-40)58(43-27-14-5-15-28-43)52-37-44(57(41-23-10-3-11-24-41)42-25-12-4-13-26-42)36-48-47-31-18-30-46-45-29-16-17-32-50(45)59(55(46)47)56(49)54(48)52/h1-37,53H. The molecule has 0 saturated carbocycles. The molecule has 2 aliphatic rings. The number of anilines is 6. The van der Waals surface area contributed by atoms with Gasteiger partial charge in [-0.2, -0.15) is 0 Å². The predicted octanol–water partition coefficient (Wildman–Crippen LogP) is 12.9. The maximum atomic E-state index is 2.64. The van der Waals surface area contributed by atoms with Gasteiger partial charge in [0.15, 0.2) is 0 Å². The van der Waals surface area contributed by atoms with Gasteiger partial charge in [-0.1, -0.05) is 164 Å². The van der Waals surface area contributed by atoms with E-state index in [2.05, 4.69) is 239 Å². The molecule has 2 aliphatic heterocycles. The quantitative estimate of drug-likeness (QED) is 0.119. The number of hydrogen-bond acceptors (Lipinski definition) is 2. The molecule has 10 aromatic rings. The van der Waals surface area contributed by atoms with Crippen LogP contribution in [0.5, 0.6) is 0 Å². The topological polar surface area (TPSA) is 11.4 Å². The van der Waals surface area contributed by atoms with Crippen molar-refractivity contribution in [3.05, 3.63) is 241 Å². The molecule has 276 valence electrons. The third-order valence-electron chi connectivity index (χ3n) is 12.4. The minimum absolute atomic E-state index is 0.0517. The van der Waals surface area contributed by atoms with Crippen molar-refractivity contribution in [2.75, 3.05) is 9.80 Å². The third kappa shape index (κ3) is 5.23. The number of benzene rings is 9. The van der Waals surface area contributed by atoms with E-state index in [1.165, 1.54) is 71.9 Å². The lowest BCUT2D eigenvalue weighted by atomic mass is 9.45. The zero-order valence-electron chi connectivity index (χ0n) is 32.4. The molecule has 3 heterocycles. The minimum atomic E-state index is -0.0517. The molecule has 0 aliphatic carbocycles. The summed E-state index contributed by atoms with van der Waals surface area (Å²) in [6.07, 6.45) is 0. The second kappa shape index (κ2) is 13.5. The maximum absolute atomic E-state index is 2.64. The highest BCUT2D eigenvalue weighted by molar-refractivity contribution is 6.90. The van der Waals surface area contributed by atoms with Crippen molar-refractivity contribution in [1.82, 2.24) is 4.48 Å². The molecule has 0 unspecified atom stereocenters. The molecule has 0 atom stereocenters. The van der Waals surface area contributed by atoms with Crippen LogP contribution >= 0.6 is 0 Å². The summed E-state index contributed by atoms with van der Waals surface area (Å²) in [6, 6.07) is 82.5. The minimum Gasteiger partial charge on any atom is -0.375 e. The number of hydrogen-bond donors (Lipinski definition) is 0. The molecule has 0 N–H and O–H groups in total. The van der Waals surface area contributed by atoms with Crippen molar-refractivity contribution in [1.29, 1.82) is 0 Å². The number of rotatable bonds is 7. The lowest BCUT2D eigenvalue weighted by Gasteiger charge is -2.42. The smallest absolute Gasteiger partial charge is 0.333 e. The van der Waals surface area contributed by atoms with Crippen LogP contribution in [0.4, 0.5) is 34.1 Å². The summed E-state index contributed by atoms with van der Waals surface area (Å²) in [7, 11) is 0. The molecule has 4 heteroatoms. The fourth-order valence-corrected chi connectivity index (χ4v) is 10.0. The van der Waals surface area contributed by atoms with Crippen LogP contribution in [0.25, 0.3) is 32.9 Å². The van der Waals surface area contributed by atoms with E-state index in [1.54, 1.807) is 0 Å². The van der Waals surface area contributed by atoms with Crippen molar-refractivity contribution in [2.24, 2.45) is 0 Å². The molecule has 59 heavy (non-hydrogen) atoms. The fourth-order valence-electron chi connectivity index (χ4n) is 10.0. The van der Waals surface area contributed by atoms with Crippen molar-refractivity contribution < 1.29 is 0 Å². The summed E-state index contributed by atoms with van der Waals surface area (Å²) < 4.78 is 2.64. The fraction of sp³-hybridized carbons (Fsp3) is 0.0182. The summed E-state index contributed by atoms with van der Waals surface area (Å²) in [5, 5.41) is 2.57. The van der Waals surface area contributed by atoms with Crippen LogP contribution < -0.4 is 20.7 Å². The van der Waals surface area contributed by atoms with Crippen molar-refractivity contribution in [2.45, 2.75) is 5.92 Å². The van der Waals surface area contributed by atoms with Gasteiger partial charge in [0.05, 0.1) is 0 Å². The van der Waals surface area contributed by atoms with Crippen molar-refractivity contribution in [3.63, 3.8) is 0 Å². The van der Waals surface area contributed by atoms with E-state index in [0.29, 0.717) is 0 Å². The Morgan fingerprint density at radius 3 is 1.64 bits per heavy atom. The number of nitrogens with zero attached hydrogens (tertiary/aromatic N) is 3. The second-order valence-corrected chi connectivity index (χ2v) is 15.7. The molecule has 3 nitrogen and oxygen atoms in total. The van der Waals surface area contributed by atoms with E-state index in [9.17, 15) is 0 Å². The van der Waals surface area contributed by atoms with Gasteiger partial charge in [-0.3, -0.25) is 0 Å². The number of aromatic nitrogens is 1. The molecular weight excluding hydrogens is 713 g/mol. The SMILES string of the molecule is c1ccc(C(c2ccccc2)c2ccc3c(c2)N(c2ccccc2)c2cc(N(c4ccccc4)c4ccccc4)cc4c2B3n2c3ccccc3c3cccc-4c32)cc1. The molecule has 0 amide bonds. The second-order valence-electron chi connectivity index (χ2n) is 15.7. The van der Waals surface area contributed by atoms with Gasteiger partial charge in [-0.25, -0.2) is 0 Å². The number of para-hydroxylation sites is 5. The van der Waals surface area contributed by atoms with Gasteiger partial charge in [-0.15, -0.1) is 0 Å². The largest absolute Gasteiger partial charge is 0.375 e. The van der Waals surface area contributed by atoms with Crippen LogP contribution in [0.2, 0.25) is 0 Å². The molecule has 0 spiro atoms. The van der Waals surface area contributed by atoms with Crippen LogP contribution in [0.15, 0.2) is 224 Å². The molecule has 1 aromatic heterocycles. The van der Waals surface area contributed by atoms with E-state index < -0.39 is 0 Å². The highest BCUT2D eigenvalue weighted by atomic mass is 15.2. The Morgan fingerprint density at radius 2 is 0.983 bits per heavy atom. The summed E-state index contributed by atoms with van der Waals surface area (Å²) in [4.78, 5) is 4.95. The van der Waals surface area contributed by atoms with Crippen LogP contribution in [0, 0.1) is 0 Å². The third-order valence-corrected chi connectivity index (χ3v) is 12.4. The molecular formula is C55H38BN3. The predicted molar refractivity (Wildman–Crippen MR) is 248 cm³/mol. The molecule has 12 rings (SSSR count).